The van der Waals surface area contributed by atoms with Crippen LogP contribution in [0.3, 0.4) is 0 Å². The zero-order valence-corrected chi connectivity index (χ0v) is 9.25. The van der Waals surface area contributed by atoms with E-state index in [9.17, 15) is 9.59 Å². The lowest BCUT2D eigenvalue weighted by molar-refractivity contribution is -0.138. The Hall–Kier alpha value is -1.82. The van der Waals surface area contributed by atoms with E-state index in [1.165, 1.54) is 10.8 Å². The first-order valence-corrected chi connectivity index (χ1v) is 4.88. The van der Waals surface area contributed by atoms with E-state index in [1.807, 2.05) is 13.8 Å². The summed E-state index contributed by atoms with van der Waals surface area (Å²) in [4.78, 5) is 21.2. The highest BCUT2D eigenvalue weighted by molar-refractivity contribution is 5.72. The van der Waals surface area contributed by atoms with Crippen LogP contribution in [0, 0.1) is 0 Å². The van der Waals surface area contributed by atoms with Gasteiger partial charge in [0.05, 0.1) is 0 Å². The molecule has 1 unspecified atom stereocenters. The third-order valence-corrected chi connectivity index (χ3v) is 1.68. The zero-order valence-electron chi connectivity index (χ0n) is 9.25. The van der Waals surface area contributed by atoms with Crippen molar-refractivity contribution < 1.29 is 15.0 Å². The molecular weight excluding hydrogens is 212 g/mol. The van der Waals surface area contributed by atoms with E-state index in [-0.39, 0.29) is 6.54 Å². The number of hydrogen-bond donors (Lipinski definition) is 3. The molecule has 1 atom stereocenters. The predicted octanol–water partition coefficient (Wildman–Crippen LogP) is -0.00800. The van der Waals surface area contributed by atoms with Crippen LogP contribution in [-0.4, -0.2) is 26.8 Å². The molecule has 0 aliphatic rings. The molecule has 0 radical (unpaired) electrons. The maximum atomic E-state index is 10.8. The molecule has 0 saturated heterocycles. The van der Waals surface area contributed by atoms with Gasteiger partial charge in [-0.15, -0.1) is 0 Å². The SMILES string of the molecule is CC.NC(Cn1ccc(=O)c(O)c1)C(=O)O. The van der Waals surface area contributed by atoms with E-state index < -0.39 is 23.2 Å². The van der Waals surface area contributed by atoms with Gasteiger partial charge in [-0.1, -0.05) is 13.8 Å². The number of carbonyl (C=O) groups is 1. The minimum Gasteiger partial charge on any atom is -0.503 e. The Morgan fingerprint density at radius 2 is 2.12 bits per heavy atom. The highest BCUT2D eigenvalue weighted by atomic mass is 16.4. The minimum atomic E-state index is -1.14. The third-order valence-electron chi connectivity index (χ3n) is 1.68. The first-order chi connectivity index (χ1) is 7.50. The molecule has 6 nitrogen and oxygen atoms in total. The molecule has 4 N–H and O–H groups in total. The Morgan fingerprint density at radius 1 is 1.56 bits per heavy atom. The summed E-state index contributed by atoms with van der Waals surface area (Å²) in [6.07, 6.45) is 2.51. The van der Waals surface area contributed by atoms with E-state index >= 15 is 0 Å². The van der Waals surface area contributed by atoms with Crippen molar-refractivity contribution in [3.8, 4) is 5.75 Å². The van der Waals surface area contributed by atoms with Crippen LogP contribution < -0.4 is 11.2 Å². The summed E-state index contributed by atoms with van der Waals surface area (Å²) < 4.78 is 1.34. The molecule has 0 aliphatic heterocycles. The maximum Gasteiger partial charge on any atom is 0.322 e. The second-order valence-corrected chi connectivity index (χ2v) is 2.84. The number of aromatic nitrogens is 1. The Kier molecular flexibility index (Phi) is 5.87. The number of hydrogen-bond acceptors (Lipinski definition) is 4. The lowest BCUT2D eigenvalue weighted by atomic mass is 10.3. The van der Waals surface area contributed by atoms with Crippen molar-refractivity contribution in [1.29, 1.82) is 0 Å². The predicted molar refractivity (Wildman–Crippen MR) is 59.3 cm³/mol. The van der Waals surface area contributed by atoms with Gasteiger partial charge in [0.25, 0.3) is 0 Å². The molecule has 1 rings (SSSR count). The van der Waals surface area contributed by atoms with Crippen molar-refractivity contribution in [2.75, 3.05) is 0 Å². The van der Waals surface area contributed by atoms with Gasteiger partial charge in [-0.2, -0.15) is 0 Å². The van der Waals surface area contributed by atoms with E-state index in [2.05, 4.69) is 0 Å². The van der Waals surface area contributed by atoms with Crippen molar-refractivity contribution in [2.24, 2.45) is 5.73 Å². The second kappa shape index (κ2) is 6.62. The lowest BCUT2D eigenvalue weighted by Gasteiger charge is -2.09. The summed E-state index contributed by atoms with van der Waals surface area (Å²) in [6, 6.07) is 0.0843. The van der Waals surface area contributed by atoms with E-state index in [1.54, 1.807) is 0 Å². The summed E-state index contributed by atoms with van der Waals surface area (Å²) in [5.41, 5.74) is 4.75. The minimum absolute atomic E-state index is 0.00315. The summed E-state index contributed by atoms with van der Waals surface area (Å²) in [5, 5.41) is 17.5. The molecule has 16 heavy (non-hydrogen) atoms. The number of carboxylic acid groups (broad SMARTS) is 1. The molecule has 0 aliphatic carbocycles. The van der Waals surface area contributed by atoms with Gasteiger partial charge in [-0.05, 0) is 0 Å². The van der Waals surface area contributed by atoms with Crippen molar-refractivity contribution in [3.05, 3.63) is 28.7 Å². The first-order valence-electron chi connectivity index (χ1n) is 4.88. The molecular formula is C10H16N2O4. The van der Waals surface area contributed by atoms with Crippen LogP contribution >= 0.6 is 0 Å². The van der Waals surface area contributed by atoms with Gasteiger partial charge in [0.15, 0.2) is 5.75 Å². The topological polar surface area (TPSA) is 106 Å². The Balaban J connectivity index is 0.00000106. The van der Waals surface area contributed by atoms with Crippen LogP contribution in [0.15, 0.2) is 23.3 Å². The molecule has 0 bridgehead atoms. The third kappa shape index (κ3) is 4.14. The monoisotopic (exact) mass is 228 g/mol. The summed E-state index contributed by atoms with van der Waals surface area (Å²) >= 11 is 0. The summed E-state index contributed by atoms with van der Waals surface area (Å²) in [7, 11) is 0. The Labute approximate surface area is 92.9 Å². The van der Waals surface area contributed by atoms with Gasteiger partial charge >= 0.3 is 5.97 Å². The molecule has 1 aromatic heterocycles. The van der Waals surface area contributed by atoms with Gasteiger partial charge in [0, 0.05) is 25.0 Å². The average molecular weight is 228 g/mol. The van der Waals surface area contributed by atoms with Crippen LogP contribution in [0.5, 0.6) is 5.75 Å². The highest BCUT2D eigenvalue weighted by Crippen LogP contribution is 1.99. The zero-order chi connectivity index (χ0) is 12.7. The van der Waals surface area contributed by atoms with Crippen LogP contribution in [-0.2, 0) is 11.3 Å². The maximum absolute atomic E-state index is 10.8. The fourth-order valence-electron chi connectivity index (χ4n) is 0.931. The second-order valence-electron chi connectivity index (χ2n) is 2.84. The highest BCUT2D eigenvalue weighted by Gasteiger charge is 2.11. The van der Waals surface area contributed by atoms with Crippen molar-refractivity contribution in [2.45, 2.75) is 26.4 Å². The van der Waals surface area contributed by atoms with Gasteiger partial charge in [0.1, 0.15) is 6.04 Å². The van der Waals surface area contributed by atoms with E-state index in [4.69, 9.17) is 15.9 Å². The molecule has 1 aromatic rings. The number of aromatic hydroxyl groups is 1. The number of nitrogens with zero attached hydrogens (tertiary/aromatic N) is 1. The molecule has 90 valence electrons. The Bertz CT molecular complexity index is 400. The van der Waals surface area contributed by atoms with Crippen molar-refractivity contribution in [3.63, 3.8) is 0 Å². The number of aliphatic carboxylic acids is 1. The van der Waals surface area contributed by atoms with E-state index in [0.717, 1.165) is 12.3 Å². The van der Waals surface area contributed by atoms with Crippen LogP contribution in [0.1, 0.15) is 13.8 Å². The molecule has 0 aromatic carbocycles. The van der Waals surface area contributed by atoms with Crippen molar-refractivity contribution in [1.82, 2.24) is 4.57 Å². The molecule has 0 spiro atoms. The molecule has 6 heteroatoms. The van der Waals surface area contributed by atoms with Gasteiger partial charge in [-0.3, -0.25) is 9.59 Å². The van der Waals surface area contributed by atoms with E-state index in [0.29, 0.717) is 0 Å². The average Bonchev–Trinajstić information content (AvgIpc) is 2.26. The number of carboxylic acids is 1. The smallest absolute Gasteiger partial charge is 0.322 e. The molecule has 1 heterocycles. The standard InChI is InChI=1S/C8H10N2O4.C2H6/c9-5(8(13)14)3-10-2-1-6(11)7(12)4-10;1-2/h1-2,4-5,12H,3,9H2,(H,13,14);1-2H3. The molecule has 0 amide bonds. The lowest BCUT2D eigenvalue weighted by Crippen LogP contribution is -2.34. The quantitative estimate of drug-likeness (QED) is 0.674. The fourth-order valence-corrected chi connectivity index (χ4v) is 0.931. The van der Waals surface area contributed by atoms with Gasteiger partial charge in [0.2, 0.25) is 5.43 Å². The van der Waals surface area contributed by atoms with Crippen molar-refractivity contribution >= 4 is 5.97 Å². The van der Waals surface area contributed by atoms with Crippen LogP contribution in [0.2, 0.25) is 0 Å². The normalized spacial score (nSPS) is 11.2. The number of rotatable bonds is 3. The Morgan fingerprint density at radius 3 is 2.56 bits per heavy atom. The molecule has 0 fully saturated rings. The first kappa shape index (κ1) is 14.2. The largest absolute Gasteiger partial charge is 0.503 e. The molecule has 0 saturated carbocycles. The van der Waals surface area contributed by atoms with Crippen LogP contribution in [0.25, 0.3) is 0 Å². The number of pyridine rings is 1. The van der Waals surface area contributed by atoms with Gasteiger partial charge < -0.3 is 20.5 Å². The van der Waals surface area contributed by atoms with Gasteiger partial charge in [-0.25, -0.2) is 0 Å². The van der Waals surface area contributed by atoms with Crippen LogP contribution in [0.4, 0.5) is 0 Å². The summed E-state index contributed by atoms with van der Waals surface area (Å²) in [5.74, 6) is -1.56. The fraction of sp³-hybridized carbons (Fsp3) is 0.400. The number of nitrogens with two attached hydrogens (primary N) is 1. The summed E-state index contributed by atoms with van der Waals surface area (Å²) in [6.45, 7) is 4.00.